The van der Waals surface area contributed by atoms with Gasteiger partial charge < -0.3 is 15.3 Å². The molecular formula is C27H35N3O3. The topological polar surface area (TPSA) is 72.9 Å². The Morgan fingerprint density at radius 2 is 1.76 bits per heavy atom. The number of rotatable bonds is 6. The average molecular weight is 450 g/mol. The first-order chi connectivity index (χ1) is 15.9. The van der Waals surface area contributed by atoms with Crippen molar-refractivity contribution in [1.82, 2.24) is 9.80 Å². The van der Waals surface area contributed by atoms with Crippen molar-refractivity contribution in [2.45, 2.75) is 44.9 Å². The molecule has 2 aliphatic rings. The van der Waals surface area contributed by atoms with E-state index in [4.69, 9.17) is 0 Å². The molecule has 2 saturated heterocycles. The van der Waals surface area contributed by atoms with E-state index in [1.54, 1.807) is 12.1 Å². The lowest BCUT2D eigenvalue weighted by Gasteiger charge is -2.33. The maximum atomic E-state index is 12.9. The number of nitrogens with one attached hydrogen (secondary N) is 1. The molecule has 0 spiro atoms. The molecule has 2 fully saturated rings. The van der Waals surface area contributed by atoms with E-state index in [1.165, 1.54) is 5.56 Å². The average Bonchev–Trinajstić information content (AvgIpc) is 3.29. The first-order valence-electron chi connectivity index (χ1n) is 12.1. The van der Waals surface area contributed by atoms with E-state index in [0.717, 1.165) is 44.5 Å². The van der Waals surface area contributed by atoms with E-state index in [1.807, 2.05) is 30.9 Å². The van der Waals surface area contributed by atoms with Crippen LogP contribution in [-0.4, -0.2) is 59.4 Å². The summed E-state index contributed by atoms with van der Waals surface area (Å²) in [6.07, 6.45) is 2.77. The Hall–Kier alpha value is -2.86. The molecular weight excluding hydrogens is 414 g/mol. The standard InChI is InChI=1S/C27H35N3O3/c1-19(2)24-16-23(8-9-25(24)31)28-27(33)22-10-13-29(17-22)18-26(32)30-14-11-21(12-15-30)20-6-4-3-5-7-20/h3-9,16,19,21-22,31H,10-15,17-18H2,1-2H3,(H,28,33)/t22-/m1/s1. The number of piperidine rings is 1. The molecule has 6 nitrogen and oxygen atoms in total. The second-order valence-corrected chi connectivity index (χ2v) is 9.70. The SMILES string of the molecule is CC(C)c1cc(NC(=O)[C@@H]2CCN(CC(=O)N3CCC(c4ccccc4)CC3)C2)ccc1O. The fourth-order valence-corrected chi connectivity index (χ4v) is 5.01. The number of anilines is 1. The van der Waals surface area contributed by atoms with Gasteiger partial charge in [0, 0.05) is 25.3 Å². The molecule has 1 atom stereocenters. The highest BCUT2D eigenvalue weighted by Gasteiger charge is 2.31. The van der Waals surface area contributed by atoms with Crippen LogP contribution in [0.15, 0.2) is 48.5 Å². The minimum Gasteiger partial charge on any atom is -0.508 e. The monoisotopic (exact) mass is 449 g/mol. The summed E-state index contributed by atoms with van der Waals surface area (Å²) in [5.74, 6) is 0.981. The molecule has 2 aromatic carbocycles. The van der Waals surface area contributed by atoms with Crippen LogP contribution in [0.1, 0.15) is 56.1 Å². The minimum atomic E-state index is -0.127. The largest absolute Gasteiger partial charge is 0.508 e. The van der Waals surface area contributed by atoms with Crippen LogP contribution in [0.25, 0.3) is 0 Å². The van der Waals surface area contributed by atoms with Crippen LogP contribution in [0, 0.1) is 5.92 Å². The van der Waals surface area contributed by atoms with E-state index in [-0.39, 0.29) is 29.4 Å². The van der Waals surface area contributed by atoms with Crippen LogP contribution in [0.3, 0.4) is 0 Å². The summed E-state index contributed by atoms with van der Waals surface area (Å²) in [7, 11) is 0. The molecule has 6 heteroatoms. The summed E-state index contributed by atoms with van der Waals surface area (Å²) in [6, 6.07) is 15.8. The number of carbonyl (C=O) groups is 2. The highest BCUT2D eigenvalue weighted by molar-refractivity contribution is 5.93. The lowest BCUT2D eigenvalue weighted by molar-refractivity contribution is -0.133. The first kappa shape index (κ1) is 23.3. The first-order valence-corrected chi connectivity index (χ1v) is 12.1. The molecule has 0 saturated carbocycles. The van der Waals surface area contributed by atoms with Crippen LogP contribution in [0.5, 0.6) is 5.75 Å². The highest BCUT2D eigenvalue weighted by Crippen LogP contribution is 2.30. The zero-order valence-corrected chi connectivity index (χ0v) is 19.7. The Kier molecular flexibility index (Phi) is 7.33. The van der Waals surface area contributed by atoms with Crippen LogP contribution in [-0.2, 0) is 9.59 Å². The number of hydrogen-bond acceptors (Lipinski definition) is 4. The van der Waals surface area contributed by atoms with Gasteiger partial charge in [-0.2, -0.15) is 0 Å². The van der Waals surface area contributed by atoms with Crippen LogP contribution < -0.4 is 5.32 Å². The molecule has 2 N–H and O–H groups in total. The molecule has 0 radical (unpaired) electrons. The maximum Gasteiger partial charge on any atom is 0.236 e. The van der Waals surface area contributed by atoms with Crippen molar-refractivity contribution in [3.63, 3.8) is 0 Å². The van der Waals surface area contributed by atoms with Crippen LogP contribution in [0.2, 0.25) is 0 Å². The third kappa shape index (κ3) is 5.74. The number of hydrogen-bond donors (Lipinski definition) is 2. The number of amides is 2. The lowest BCUT2D eigenvalue weighted by atomic mass is 9.89. The van der Waals surface area contributed by atoms with Gasteiger partial charge in [-0.15, -0.1) is 0 Å². The van der Waals surface area contributed by atoms with E-state index in [2.05, 4.69) is 34.5 Å². The predicted molar refractivity (Wildman–Crippen MR) is 130 cm³/mol. The quantitative estimate of drug-likeness (QED) is 0.649. The molecule has 2 heterocycles. The number of benzene rings is 2. The minimum absolute atomic E-state index is 0.0194. The third-order valence-corrected chi connectivity index (χ3v) is 7.04. The smallest absolute Gasteiger partial charge is 0.236 e. The number of phenolic OH excluding ortho intramolecular Hbond substituents is 1. The third-order valence-electron chi connectivity index (χ3n) is 7.04. The van der Waals surface area contributed by atoms with Gasteiger partial charge in [-0.1, -0.05) is 44.2 Å². The number of likely N-dealkylation sites (tertiary alicyclic amines) is 2. The van der Waals surface area contributed by atoms with Gasteiger partial charge >= 0.3 is 0 Å². The van der Waals surface area contributed by atoms with E-state index >= 15 is 0 Å². The molecule has 0 aliphatic carbocycles. The Balaban J connectivity index is 1.24. The van der Waals surface area contributed by atoms with Crippen molar-refractivity contribution in [2.75, 3.05) is 38.0 Å². The Bertz CT molecular complexity index is 968. The lowest BCUT2D eigenvalue weighted by Crippen LogP contribution is -2.43. The molecule has 2 aromatic rings. The Morgan fingerprint density at radius 3 is 2.45 bits per heavy atom. The van der Waals surface area contributed by atoms with Gasteiger partial charge in [-0.25, -0.2) is 0 Å². The van der Waals surface area contributed by atoms with Crippen LogP contribution in [0.4, 0.5) is 5.69 Å². The van der Waals surface area contributed by atoms with Gasteiger partial charge in [-0.3, -0.25) is 14.5 Å². The molecule has 33 heavy (non-hydrogen) atoms. The van der Waals surface area contributed by atoms with Crippen LogP contribution >= 0.6 is 0 Å². The van der Waals surface area contributed by atoms with E-state index in [0.29, 0.717) is 24.7 Å². The van der Waals surface area contributed by atoms with Gasteiger partial charge in [-0.05, 0) is 67.0 Å². The second-order valence-electron chi connectivity index (χ2n) is 9.70. The summed E-state index contributed by atoms with van der Waals surface area (Å²) >= 11 is 0. The molecule has 0 aromatic heterocycles. The molecule has 0 unspecified atom stereocenters. The molecule has 2 amide bonds. The van der Waals surface area contributed by atoms with Crippen molar-refractivity contribution < 1.29 is 14.7 Å². The zero-order chi connectivity index (χ0) is 23.4. The fourth-order valence-electron chi connectivity index (χ4n) is 5.01. The normalized spacial score (nSPS) is 19.7. The van der Waals surface area contributed by atoms with Crippen molar-refractivity contribution >= 4 is 17.5 Å². The summed E-state index contributed by atoms with van der Waals surface area (Å²) in [4.78, 5) is 29.7. The number of phenols is 1. The predicted octanol–water partition coefficient (Wildman–Crippen LogP) is 4.18. The Labute approximate surface area is 196 Å². The van der Waals surface area contributed by atoms with Crippen molar-refractivity contribution in [1.29, 1.82) is 0 Å². The summed E-state index contributed by atoms with van der Waals surface area (Å²) < 4.78 is 0. The number of nitrogens with zero attached hydrogens (tertiary/aromatic N) is 2. The summed E-state index contributed by atoms with van der Waals surface area (Å²) in [6.45, 7) is 7.37. The Morgan fingerprint density at radius 1 is 1.03 bits per heavy atom. The van der Waals surface area contributed by atoms with Gasteiger partial charge in [0.2, 0.25) is 11.8 Å². The molecule has 2 aliphatic heterocycles. The molecule has 4 rings (SSSR count). The van der Waals surface area contributed by atoms with E-state index < -0.39 is 0 Å². The van der Waals surface area contributed by atoms with Crippen molar-refractivity contribution in [2.24, 2.45) is 5.92 Å². The van der Waals surface area contributed by atoms with Gasteiger partial charge in [0.1, 0.15) is 5.75 Å². The molecule has 0 bridgehead atoms. The van der Waals surface area contributed by atoms with Gasteiger partial charge in [0.15, 0.2) is 0 Å². The molecule has 176 valence electrons. The van der Waals surface area contributed by atoms with Crippen molar-refractivity contribution in [3.8, 4) is 5.75 Å². The van der Waals surface area contributed by atoms with E-state index in [9.17, 15) is 14.7 Å². The maximum absolute atomic E-state index is 12.9. The summed E-state index contributed by atoms with van der Waals surface area (Å²) in [5.41, 5.74) is 2.90. The zero-order valence-electron chi connectivity index (χ0n) is 19.7. The fraction of sp³-hybridized carbons (Fsp3) is 0.481. The highest BCUT2D eigenvalue weighted by atomic mass is 16.3. The number of aromatic hydroxyl groups is 1. The van der Waals surface area contributed by atoms with Gasteiger partial charge in [0.05, 0.1) is 12.5 Å². The summed E-state index contributed by atoms with van der Waals surface area (Å²) in [5, 5.41) is 13.0. The van der Waals surface area contributed by atoms with Gasteiger partial charge in [0.25, 0.3) is 0 Å². The van der Waals surface area contributed by atoms with Crippen molar-refractivity contribution in [3.05, 3.63) is 59.7 Å². The second kappa shape index (κ2) is 10.4. The number of carbonyl (C=O) groups excluding carboxylic acids is 2.